The number of carbonyl (C=O) groups excluding carboxylic acids is 2. The minimum absolute atomic E-state index is 0.0942. The number of guanidine groups is 1. The number of hydrogen-bond acceptors (Lipinski definition) is 4. The van der Waals surface area contributed by atoms with Gasteiger partial charge in [0.15, 0.2) is 5.96 Å². The number of carbonyl (C=O) groups is 2. The Labute approximate surface area is 153 Å². The molecule has 3 amide bonds. The molecule has 2 N–H and O–H groups in total. The topological polar surface area (TPSA) is 80.3 Å². The Balaban J connectivity index is 1.42. The van der Waals surface area contributed by atoms with Gasteiger partial charge in [-0.1, -0.05) is 30.3 Å². The van der Waals surface area contributed by atoms with Crippen molar-refractivity contribution in [3.63, 3.8) is 0 Å². The highest BCUT2D eigenvalue weighted by Crippen LogP contribution is 2.08. The van der Waals surface area contributed by atoms with E-state index in [9.17, 15) is 9.59 Å². The van der Waals surface area contributed by atoms with E-state index in [0.717, 1.165) is 38.7 Å². The quantitative estimate of drug-likeness (QED) is 0.438. The standard InChI is InChI=1S/C18H26N6O2/c1-19-17(20-7-8-24-16(25)13-21-18(24)26)23-11-9-22(10-12-23)14-15-5-3-2-4-6-15/h2-6H,7-14H2,1H3,(H,19,20)(H,21,26). The summed E-state index contributed by atoms with van der Waals surface area (Å²) in [5.74, 6) is 0.637. The number of imide groups is 1. The lowest BCUT2D eigenvalue weighted by Crippen LogP contribution is -2.53. The maximum absolute atomic E-state index is 11.6. The van der Waals surface area contributed by atoms with Gasteiger partial charge >= 0.3 is 6.03 Å². The second-order valence-corrected chi connectivity index (χ2v) is 6.43. The third kappa shape index (κ3) is 4.51. The normalized spacial score (nSPS) is 19.0. The van der Waals surface area contributed by atoms with Gasteiger partial charge in [0, 0.05) is 52.9 Å². The Morgan fingerprint density at radius 3 is 2.50 bits per heavy atom. The molecule has 3 rings (SSSR count). The summed E-state index contributed by atoms with van der Waals surface area (Å²) in [5, 5.41) is 5.78. The first kappa shape index (κ1) is 18.2. The van der Waals surface area contributed by atoms with Crippen molar-refractivity contribution in [1.82, 2.24) is 25.3 Å². The number of urea groups is 1. The van der Waals surface area contributed by atoms with Crippen LogP contribution in [0.3, 0.4) is 0 Å². The Morgan fingerprint density at radius 2 is 1.88 bits per heavy atom. The van der Waals surface area contributed by atoms with E-state index in [0.29, 0.717) is 13.1 Å². The number of amides is 3. The van der Waals surface area contributed by atoms with E-state index in [1.54, 1.807) is 7.05 Å². The summed E-state index contributed by atoms with van der Waals surface area (Å²) in [4.78, 5) is 33.3. The highest BCUT2D eigenvalue weighted by atomic mass is 16.2. The average Bonchev–Trinajstić information content (AvgIpc) is 2.99. The van der Waals surface area contributed by atoms with Crippen molar-refractivity contribution < 1.29 is 9.59 Å². The summed E-state index contributed by atoms with van der Waals surface area (Å²) in [6.45, 7) is 5.65. The van der Waals surface area contributed by atoms with Gasteiger partial charge in [-0.25, -0.2) is 4.79 Å². The largest absolute Gasteiger partial charge is 0.354 e. The molecule has 0 unspecified atom stereocenters. The second-order valence-electron chi connectivity index (χ2n) is 6.43. The number of rotatable bonds is 5. The minimum Gasteiger partial charge on any atom is -0.354 e. The third-order valence-electron chi connectivity index (χ3n) is 4.69. The van der Waals surface area contributed by atoms with E-state index >= 15 is 0 Å². The van der Waals surface area contributed by atoms with Crippen LogP contribution >= 0.6 is 0 Å². The highest BCUT2D eigenvalue weighted by Gasteiger charge is 2.28. The van der Waals surface area contributed by atoms with Crippen LogP contribution in [-0.2, 0) is 11.3 Å². The van der Waals surface area contributed by atoms with E-state index in [2.05, 4.69) is 49.7 Å². The number of piperazine rings is 1. The second kappa shape index (κ2) is 8.66. The van der Waals surface area contributed by atoms with Gasteiger partial charge in [0.05, 0.1) is 6.54 Å². The van der Waals surface area contributed by atoms with Gasteiger partial charge in [0.25, 0.3) is 0 Å². The van der Waals surface area contributed by atoms with E-state index in [1.807, 2.05) is 6.07 Å². The SMILES string of the molecule is CN=C(NCCN1C(=O)CNC1=O)N1CCN(Cc2ccccc2)CC1. The lowest BCUT2D eigenvalue weighted by atomic mass is 10.2. The monoisotopic (exact) mass is 358 g/mol. The van der Waals surface area contributed by atoms with Crippen LogP contribution in [0.2, 0.25) is 0 Å². The Bertz CT molecular complexity index is 639. The molecule has 0 atom stereocenters. The molecular weight excluding hydrogens is 332 g/mol. The predicted molar refractivity (Wildman–Crippen MR) is 99.8 cm³/mol. The molecule has 0 radical (unpaired) electrons. The van der Waals surface area contributed by atoms with Crippen molar-refractivity contribution in [2.75, 3.05) is 52.9 Å². The van der Waals surface area contributed by atoms with Crippen molar-refractivity contribution in [1.29, 1.82) is 0 Å². The first-order chi connectivity index (χ1) is 12.7. The fraction of sp³-hybridized carbons (Fsp3) is 0.500. The van der Waals surface area contributed by atoms with Crippen molar-refractivity contribution in [3.8, 4) is 0 Å². The fourth-order valence-corrected chi connectivity index (χ4v) is 3.25. The molecule has 2 heterocycles. The van der Waals surface area contributed by atoms with Gasteiger partial charge in [0.1, 0.15) is 0 Å². The third-order valence-corrected chi connectivity index (χ3v) is 4.69. The molecule has 0 saturated carbocycles. The Kier molecular flexibility index (Phi) is 6.06. The maximum Gasteiger partial charge on any atom is 0.324 e. The van der Waals surface area contributed by atoms with Gasteiger partial charge in [-0.2, -0.15) is 0 Å². The number of aliphatic imine (C=N–C) groups is 1. The van der Waals surface area contributed by atoms with Crippen LogP contribution in [0, 0.1) is 0 Å². The van der Waals surface area contributed by atoms with Gasteiger partial charge in [-0.15, -0.1) is 0 Å². The lowest BCUT2D eigenvalue weighted by molar-refractivity contribution is -0.124. The summed E-state index contributed by atoms with van der Waals surface area (Å²) >= 11 is 0. The Hall–Kier alpha value is -2.61. The molecule has 0 bridgehead atoms. The predicted octanol–water partition coefficient (Wildman–Crippen LogP) is -0.0686. The van der Waals surface area contributed by atoms with E-state index in [-0.39, 0.29) is 18.5 Å². The molecule has 0 spiro atoms. The summed E-state index contributed by atoms with van der Waals surface area (Å²) in [7, 11) is 1.76. The number of hydrogen-bond donors (Lipinski definition) is 2. The molecule has 0 aromatic heterocycles. The highest BCUT2D eigenvalue weighted by molar-refractivity contribution is 6.01. The van der Waals surface area contributed by atoms with Crippen LogP contribution in [0.4, 0.5) is 4.79 Å². The number of benzene rings is 1. The van der Waals surface area contributed by atoms with E-state index in [4.69, 9.17) is 0 Å². The van der Waals surface area contributed by atoms with Crippen LogP contribution < -0.4 is 10.6 Å². The van der Waals surface area contributed by atoms with Crippen molar-refractivity contribution >= 4 is 17.9 Å². The smallest absolute Gasteiger partial charge is 0.324 e. The van der Waals surface area contributed by atoms with Crippen LogP contribution in [0.1, 0.15) is 5.56 Å². The van der Waals surface area contributed by atoms with Gasteiger partial charge in [-0.3, -0.25) is 19.6 Å². The molecular formula is C18H26N6O2. The van der Waals surface area contributed by atoms with E-state index in [1.165, 1.54) is 10.5 Å². The fourth-order valence-electron chi connectivity index (χ4n) is 3.25. The molecule has 2 aliphatic heterocycles. The lowest BCUT2D eigenvalue weighted by Gasteiger charge is -2.36. The molecule has 8 heteroatoms. The summed E-state index contributed by atoms with van der Waals surface area (Å²) in [5.41, 5.74) is 1.33. The molecule has 26 heavy (non-hydrogen) atoms. The van der Waals surface area contributed by atoms with Gasteiger partial charge in [0.2, 0.25) is 5.91 Å². The number of nitrogens with zero attached hydrogens (tertiary/aromatic N) is 4. The zero-order chi connectivity index (χ0) is 18.4. The van der Waals surface area contributed by atoms with Gasteiger partial charge in [-0.05, 0) is 5.56 Å². The average molecular weight is 358 g/mol. The molecule has 2 aliphatic rings. The summed E-state index contributed by atoms with van der Waals surface area (Å²) in [6.07, 6.45) is 0. The molecule has 8 nitrogen and oxygen atoms in total. The number of nitrogens with one attached hydrogen (secondary N) is 2. The molecule has 2 saturated heterocycles. The van der Waals surface area contributed by atoms with Crippen LogP contribution in [-0.4, -0.2) is 85.5 Å². The molecule has 0 aliphatic carbocycles. The van der Waals surface area contributed by atoms with Crippen molar-refractivity contribution in [2.45, 2.75) is 6.54 Å². The molecule has 140 valence electrons. The maximum atomic E-state index is 11.6. The zero-order valence-electron chi connectivity index (χ0n) is 15.1. The van der Waals surface area contributed by atoms with Crippen LogP contribution in [0.15, 0.2) is 35.3 Å². The summed E-state index contributed by atoms with van der Waals surface area (Å²) < 4.78 is 0. The van der Waals surface area contributed by atoms with Crippen LogP contribution in [0.25, 0.3) is 0 Å². The molecule has 1 aromatic rings. The first-order valence-corrected chi connectivity index (χ1v) is 8.97. The van der Waals surface area contributed by atoms with Crippen molar-refractivity contribution in [2.24, 2.45) is 4.99 Å². The van der Waals surface area contributed by atoms with Crippen LogP contribution in [0.5, 0.6) is 0 Å². The van der Waals surface area contributed by atoms with E-state index < -0.39 is 0 Å². The molecule has 2 fully saturated rings. The molecule has 1 aromatic carbocycles. The minimum atomic E-state index is -0.318. The summed E-state index contributed by atoms with van der Waals surface area (Å²) in [6, 6.07) is 10.2. The Morgan fingerprint density at radius 1 is 1.15 bits per heavy atom. The zero-order valence-corrected chi connectivity index (χ0v) is 15.1. The first-order valence-electron chi connectivity index (χ1n) is 8.97. The van der Waals surface area contributed by atoms with Gasteiger partial charge < -0.3 is 15.5 Å². The van der Waals surface area contributed by atoms with Crippen molar-refractivity contribution in [3.05, 3.63) is 35.9 Å².